The van der Waals surface area contributed by atoms with Crippen molar-refractivity contribution in [3.8, 4) is 0 Å². The Hall–Kier alpha value is -3.75. The van der Waals surface area contributed by atoms with Gasteiger partial charge in [-0.3, -0.25) is 14.6 Å². The normalized spacial score (nSPS) is 15.8. The van der Waals surface area contributed by atoms with Crippen molar-refractivity contribution in [2.75, 3.05) is 6.54 Å². The van der Waals surface area contributed by atoms with E-state index in [4.69, 9.17) is 15.7 Å². The van der Waals surface area contributed by atoms with Gasteiger partial charge in [-0.15, -0.1) is 0 Å². The Balaban J connectivity index is 1.51. The zero-order valence-corrected chi connectivity index (χ0v) is 16.8. The van der Waals surface area contributed by atoms with Crippen LogP contribution in [0.3, 0.4) is 0 Å². The fourth-order valence-electron chi connectivity index (χ4n) is 3.03. The minimum atomic E-state index is -0.967. The van der Waals surface area contributed by atoms with Gasteiger partial charge in [0.25, 0.3) is 0 Å². The van der Waals surface area contributed by atoms with Gasteiger partial charge in [0.05, 0.1) is 25.1 Å². The van der Waals surface area contributed by atoms with Crippen LogP contribution in [0.25, 0.3) is 0 Å². The van der Waals surface area contributed by atoms with Gasteiger partial charge in [-0.05, 0) is 23.3 Å². The van der Waals surface area contributed by atoms with E-state index in [9.17, 15) is 14.0 Å². The number of hydrogen-bond donors (Lipinski definition) is 3. The number of nitrogens with two attached hydrogens (primary N) is 1. The molecule has 1 amide bonds. The number of aliphatic imine (C=N–C) groups is 1. The highest BCUT2D eigenvalue weighted by atomic mass is 19.1. The number of halogens is 1. The number of benzene rings is 2. The molecule has 1 atom stereocenters. The zero-order chi connectivity index (χ0) is 22.2. The molecule has 162 valence electrons. The molecule has 1 unspecified atom stereocenters. The first-order valence-corrected chi connectivity index (χ1v) is 9.77. The Morgan fingerprint density at radius 1 is 1.26 bits per heavy atom. The fourth-order valence-corrected chi connectivity index (χ4v) is 3.03. The molecule has 1 aliphatic heterocycles. The van der Waals surface area contributed by atoms with Crippen molar-refractivity contribution >= 4 is 23.4 Å². The van der Waals surface area contributed by atoms with Crippen LogP contribution in [-0.2, 0) is 21.0 Å². The van der Waals surface area contributed by atoms with Crippen molar-refractivity contribution in [1.82, 2.24) is 5.32 Å². The van der Waals surface area contributed by atoms with Crippen LogP contribution >= 0.6 is 0 Å². The third kappa shape index (κ3) is 6.63. The van der Waals surface area contributed by atoms with Crippen molar-refractivity contribution in [3.05, 3.63) is 71.0 Å². The second-order valence-corrected chi connectivity index (χ2v) is 7.08. The third-order valence-electron chi connectivity index (χ3n) is 4.64. The van der Waals surface area contributed by atoms with Gasteiger partial charge in [-0.2, -0.15) is 0 Å². The van der Waals surface area contributed by atoms with Crippen molar-refractivity contribution in [2.24, 2.45) is 15.9 Å². The molecule has 0 saturated carbocycles. The summed E-state index contributed by atoms with van der Waals surface area (Å²) in [6, 6.07) is 13.5. The fraction of sp³-hybridized carbons (Fsp3) is 0.273. The summed E-state index contributed by atoms with van der Waals surface area (Å²) >= 11 is 0. The standard InChI is InChI=1S/C22H23FN4O4/c23-17-3-1-2-14(10-17)13-26-22(24)16-6-4-15(5-7-16)19-11-18(31-27-19)12-20(28)25-9-8-21(29)30/h1-7,10,18H,8-9,11-13H2,(H2,24,26)(H,25,28)(H,29,30). The molecule has 0 aromatic heterocycles. The molecule has 1 aliphatic rings. The van der Waals surface area contributed by atoms with E-state index < -0.39 is 12.1 Å². The molecule has 2 aromatic carbocycles. The van der Waals surface area contributed by atoms with Gasteiger partial charge in [0.15, 0.2) is 0 Å². The van der Waals surface area contributed by atoms with Gasteiger partial charge in [-0.1, -0.05) is 41.6 Å². The number of carboxylic acids is 1. The smallest absolute Gasteiger partial charge is 0.305 e. The molecule has 0 bridgehead atoms. The summed E-state index contributed by atoms with van der Waals surface area (Å²) in [7, 11) is 0. The Morgan fingerprint density at radius 2 is 2.03 bits per heavy atom. The second kappa shape index (κ2) is 10.3. The van der Waals surface area contributed by atoms with Gasteiger partial charge < -0.3 is 21.0 Å². The highest BCUT2D eigenvalue weighted by Crippen LogP contribution is 2.19. The van der Waals surface area contributed by atoms with Crippen LogP contribution in [0.2, 0.25) is 0 Å². The molecule has 0 fully saturated rings. The molecule has 3 rings (SSSR count). The van der Waals surface area contributed by atoms with E-state index in [0.717, 1.165) is 16.7 Å². The van der Waals surface area contributed by atoms with Crippen molar-refractivity contribution in [2.45, 2.75) is 31.9 Å². The number of nitrogens with zero attached hydrogens (tertiary/aromatic N) is 2. The minimum absolute atomic E-state index is 0.0816. The topological polar surface area (TPSA) is 126 Å². The summed E-state index contributed by atoms with van der Waals surface area (Å²) in [5.41, 5.74) is 9.06. The van der Waals surface area contributed by atoms with Crippen molar-refractivity contribution in [1.29, 1.82) is 0 Å². The lowest BCUT2D eigenvalue weighted by atomic mass is 10.0. The number of amides is 1. The summed E-state index contributed by atoms with van der Waals surface area (Å²) < 4.78 is 13.2. The highest BCUT2D eigenvalue weighted by molar-refractivity contribution is 6.03. The Kier molecular flexibility index (Phi) is 7.31. The lowest BCUT2D eigenvalue weighted by Crippen LogP contribution is -2.29. The average Bonchev–Trinajstić information content (AvgIpc) is 3.20. The van der Waals surface area contributed by atoms with Crippen LogP contribution in [0.1, 0.15) is 36.0 Å². The molecule has 8 nitrogen and oxygen atoms in total. The lowest BCUT2D eigenvalue weighted by Gasteiger charge is -2.08. The number of nitrogens with one attached hydrogen (secondary N) is 1. The minimum Gasteiger partial charge on any atom is -0.481 e. The summed E-state index contributed by atoms with van der Waals surface area (Å²) in [6.45, 7) is 0.361. The van der Waals surface area contributed by atoms with E-state index in [1.165, 1.54) is 12.1 Å². The number of rotatable bonds is 9. The summed E-state index contributed by atoms with van der Waals surface area (Å²) in [5, 5.41) is 15.2. The molecule has 4 N–H and O–H groups in total. The number of carboxylic acid groups (broad SMARTS) is 1. The average molecular weight is 426 g/mol. The molecule has 0 saturated heterocycles. The van der Waals surface area contributed by atoms with Crippen LogP contribution in [0.5, 0.6) is 0 Å². The first-order chi connectivity index (χ1) is 14.9. The number of aliphatic carboxylic acids is 1. The maximum absolute atomic E-state index is 13.2. The monoisotopic (exact) mass is 426 g/mol. The quantitative estimate of drug-likeness (QED) is 0.419. The Bertz CT molecular complexity index is 1000. The van der Waals surface area contributed by atoms with Gasteiger partial charge in [-0.25, -0.2) is 4.39 Å². The number of oxime groups is 1. The van der Waals surface area contributed by atoms with E-state index in [1.54, 1.807) is 12.1 Å². The first-order valence-electron chi connectivity index (χ1n) is 9.77. The van der Waals surface area contributed by atoms with Gasteiger partial charge >= 0.3 is 5.97 Å². The van der Waals surface area contributed by atoms with Crippen molar-refractivity contribution in [3.63, 3.8) is 0 Å². The lowest BCUT2D eigenvalue weighted by molar-refractivity contribution is -0.136. The molecule has 0 aliphatic carbocycles. The maximum atomic E-state index is 13.2. The Labute approximate surface area is 178 Å². The summed E-state index contributed by atoms with van der Waals surface area (Å²) in [4.78, 5) is 32.0. The van der Waals surface area contributed by atoms with Gasteiger partial charge in [0, 0.05) is 18.5 Å². The van der Waals surface area contributed by atoms with E-state index >= 15 is 0 Å². The van der Waals surface area contributed by atoms with Gasteiger partial charge in [0.1, 0.15) is 17.8 Å². The van der Waals surface area contributed by atoms with Crippen LogP contribution in [-0.4, -0.2) is 41.2 Å². The predicted molar refractivity (Wildman–Crippen MR) is 113 cm³/mol. The number of hydrogen-bond acceptors (Lipinski definition) is 5. The largest absolute Gasteiger partial charge is 0.481 e. The third-order valence-corrected chi connectivity index (χ3v) is 4.64. The number of amidine groups is 1. The van der Waals surface area contributed by atoms with Crippen LogP contribution < -0.4 is 11.1 Å². The molecule has 0 spiro atoms. The molecule has 2 aromatic rings. The summed E-state index contributed by atoms with van der Waals surface area (Å²) in [6.07, 6.45) is 0.0524. The SMILES string of the molecule is NC(=NCc1cccc(F)c1)c1ccc(C2=NOC(CC(=O)NCCC(=O)O)C2)cc1. The molecule has 0 radical (unpaired) electrons. The molecule has 31 heavy (non-hydrogen) atoms. The molecule has 9 heteroatoms. The molecular weight excluding hydrogens is 403 g/mol. The second-order valence-electron chi connectivity index (χ2n) is 7.08. The zero-order valence-electron chi connectivity index (χ0n) is 16.8. The predicted octanol–water partition coefficient (Wildman–Crippen LogP) is 2.21. The molecular formula is C22H23FN4O4. The van der Waals surface area contributed by atoms with Crippen LogP contribution in [0.15, 0.2) is 58.7 Å². The van der Waals surface area contributed by atoms with Gasteiger partial charge in [0.2, 0.25) is 5.91 Å². The van der Waals surface area contributed by atoms with E-state index in [2.05, 4.69) is 15.5 Å². The van der Waals surface area contributed by atoms with E-state index in [0.29, 0.717) is 18.0 Å². The first kappa shape index (κ1) is 21.9. The number of carbonyl (C=O) groups excluding carboxylic acids is 1. The van der Waals surface area contributed by atoms with Crippen LogP contribution in [0.4, 0.5) is 4.39 Å². The molecule has 1 heterocycles. The van der Waals surface area contributed by atoms with Crippen LogP contribution in [0, 0.1) is 5.82 Å². The number of carbonyl (C=O) groups is 2. The van der Waals surface area contributed by atoms with Crippen molar-refractivity contribution < 1.29 is 23.9 Å². The van der Waals surface area contributed by atoms with E-state index in [1.807, 2.05) is 24.3 Å². The van der Waals surface area contributed by atoms with E-state index in [-0.39, 0.29) is 37.7 Å². The highest BCUT2D eigenvalue weighted by Gasteiger charge is 2.24. The Morgan fingerprint density at radius 3 is 2.74 bits per heavy atom. The summed E-state index contributed by atoms with van der Waals surface area (Å²) in [5.74, 6) is -1.21. The maximum Gasteiger partial charge on any atom is 0.305 e.